The smallest absolute Gasteiger partial charge is 0.251 e. The zero-order chi connectivity index (χ0) is 16.7. The summed E-state index contributed by atoms with van der Waals surface area (Å²) < 4.78 is 5.48. The van der Waals surface area contributed by atoms with E-state index in [0.29, 0.717) is 17.8 Å². The lowest BCUT2D eigenvalue weighted by atomic mass is 10.1. The van der Waals surface area contributed by atoms with Gasteiger partial charge in [0, 0.05) is 30.4 Å². The molecule has 1 atom stereocenters. The Morgan fingerprint density at radius 1 is 1.35 bits per heavy atom. The van der Waals surface area contributed by atoms with Crippen LogP contribution in [0.15, 0.2) is 24.3 Å². The van der Waals surface area contributed by atoms with Gasteiger partial charge in [-0.15, -0.1) is 0 Å². The first-order chi connectivity index (χ1) is 11.0. The van der Waals surface area contributed by atoms with Gasteiger partial charge in [0.1, 0.15) is 0 Å². The molecule has 0 radical (unpaired) electrons. The third-order valence-electron chi connectivity index (χ3n) is 3.59. The number of hydrogen-bond donors (Lipinski definition) is 3. The van der Waals surface area contributed by atoms with Gasteiger partial charge < -0.3 is 20.7 Å². The van der Waals surface area contributed by atoms with Crippen molar-refractivity contribution >= 4 is 17.5 Å². The molecule has 23 heavy (non-hydrogen) atoms. The van der Waals surface area contributed by atoms with E-state index in [1.165, 1.54) is 0 Å². The molecule has 0 aromatic heterocycles. The van der Waals surface area contributed by atoms with Crippen molar-refractivity contribution in [1.29, 1.82) is 0 Å². The fourth-order valence-corrected chi connectivity index (χ4v) is 2.35. The zero-order valence-electron chi connectivity index (χ0n) is 13.7. The van der Waals surface area contributed by atoms with Gasteiger partial charge >= 0.3 is 0 Å². The average Bonchev–Trinajstić information content (AvgIpc) is 3.04. The zero-order valence-corrected chi connectivity index (χ0v) is 13.7. The lowest BCUT2D eigenvalue weighted by Gasteiger charge is -2.12. The van der Waals surface area contributed by atoms with Gasteiger partial charge in [-0.2, -0.15) is 0 Å². The van der Waals surface area contributed by atoms with Crippen LogP contribution >= 0.6 is 0 Å². The summed E-state index contributed by atoms with van der Waals surface area (Å²) in [4.78, 5) is 24.0. The van der Waals surface area contributed by atoms with Gasteiger partial charge in [-0.1, -0.05) is 19.9 Å². The van der Waals surface area contributed by atoms with Crippen molar-refractivity contribution in [3.8, 4) is 0 Å². The molecular formula is C17H25N3O3. The fraction of sp³-hybridized carbons (Fsp3) is 0.529. The van der Waals surface area contributed by atoms with E-state index in [1.54, 1.807) is 24.3 Å². The topological polar surface area (TPSA) is 79.5 Å². The Kier molecular flexibility index (Phi) is 6.55. The number of rotatable bonds is 7. The Hall–Kier alpha value is -1.92. The highest BCUT2D eigenvalue weighted by Gasteiger charge is 2.16. The third-order valence-corrected chi connectivity index (χ3v) is 3.59. The minimum Gasteiger partial charge on any atom is -0.376 e. The maximum absolute atomic E-state index is 12.2. The third kappa shape index (κ3) is 6.00. The number of ether oxygens (including phenoxy) is 1. The molecule has 2 rings (SSSR count). The van der Waals surface area contributed by atoms with E-state index in [1.807, 2.05) is 13.8 Å². The molecule has 6 nitrogen and oxygen atoms in total. The summed E-state index contributed by atoms with van der Waals surface area (Å²) in [5.41, 5.74) is 1.14. The molecule has 0 saturated carbocycles. The van der Waals surface area contributed by atoms with Crippen LogP contribution in [0.1, 0.15) is 37.0 Å². The molecule has 1 aromatic carbocycles. The van der Waals surface area contributed by atoms with E-state index in [9.17, 15) is 9.59 Å². The molecule has 1 aliphatic rings. The van der Waals surface area contributed by atoms with E-state index in [0.717, 1.165) is 19.4 Å². The minimum atomic E-state index is -0.156. The van der Waals surface area contributed by atoms with Crippen molar-refractivity contribution in [2.24, 2.45) is 0 Å². The van der Waals surface area contributed by atoms with E-state index < -0.39 is 0 Å². The number of nitrogens with one attached hydrogen (secondary N) is 3. The Labute approximate surface area is 137 Å². The quantitative estimate of drug-likeness (QED) is 0.712. The first-order valence-electron chi connectivity index (χ1n) is 8.07. The molecular weight excluding hydrogens is 294 g/mol. The highest BCUT2D eigenvalue weighted by atomic mass is 16.5. The van der Waals surface area contributed by atoms with Gasteiger partial charge in [0.15, 0.2) is 0 Å². The molecule has 1 heterocycles. The standard InChI is InChI=1S/C17H25N3O3/c1-12(2)18-11-16(21)20-14-6-3-5-13(9-14)17(22)19-10-15-7-4-8-23-15/h3,5-6,9,12,15,18H,4,7-8,10-11H2,1-2H3,(H,19,22)(H,20,21). The monoisotopic (exact) mass is 319 g/mol. The van der Waals surface area contributed by atoms with Crippen molar-refractivity contribution in [3.63, 3.8) is 0 Å². The number of benzene rings is 1. The van der Waals surface area contributed by atoms with Crippen LogP contribution in [0.25, 0.3) is 0 Å². The molecule has 1 aliphatic heterocycles. The molecule has 0 aliphatic carbocycles. The second-order valence-electron chi connectivity index (χ2n) is 6.01. The molecule has 3 N–H and O–H groups in total. The normalized spacial score (nSPS) is 17.3. The van der Waals surface area contributed by atoms with Crippen LogP contribution in [0, 0.1) is 0 Å². The number of anilines is 1. The molecule has 6 heteroatoms. The van der Waals surface area contributed by atoms with E-state index in [-0.39, 0.29) is 30.5 Å². The summed E-state index contributed by atoms with van der Waals surface area (Å²) in [5.74, 6) is -0.285. The van der Waals surface area contributed by atoms with Crippen LogP contribution in [0.3, 0.4) is 0 Å². The molecule has 0 spiro atoms. The second kappa shape index (κ2) is 8.64. The molecule has 1 unspecified atom stereocenters. The fourth-order valence-electron chi connectivity index (χ4n) is 2.35. The van der Waals surface area contributed by atoms with Gasteiger partial charge in [0.2, 0.25) is 5.91 Å². The molecule has 1 fully saturated rings. The van der Waals surface area contributed by atoms with Gasteiger partial charge in [0.05, 0.1) is 12.6 Å². The van der Waals surface area contributed by atoms with Crippen molar-refractivity contribution in [1.82, 2.24) is 10.6 Å². The van der Waals surface area contributed by atoms with Crippen LogP contribution in [-0.4, -0.2) is 43.7 Å². The molecule has 126 valence electrons. The van der Waals surface area contributed by atoms with Gasteiger partial charge in [-0.25, -0.2) is 0 Å². The summed E-state index contributed by atoms with van der Waals surface area (Å²) in [6.07, 6.45) is 2.15. The summed E-state index contributed by atoms with van der Waals surface area (Å²) in [6.45, 7) is 5.49. The Morgan fingerprint density at radius 3 is 2.87 bits per heavy atom. The van der Waals surface area contributed by atoms with Crippen LogP contribution in [0.4, 0.5) is 5.69 Å². The predicted octanol–water partition coefficient (Wildman–Crippen LogP) is 1.53. The van der Waals surface area contributed by atoms with Crippen LogP contribution in [0.5, 0.6) is 0 Å². The van der Waals surface area contributed by atoms with Gasteiger partial charge in [-0.05, 0) is 31.0 Å². The van der Waals surface area contributed by atoms with E-state index in [2.05, 4.69) is 16.0 Å². The number of carbonyl (C=O) groups excluding carboxylic acids is 2. The predicted molar refractivity (Wildman–Crippen MR) is 89.5 cm³/mol. The van der Waals surface area contributed by atoms with Gasteiger partial charge in [-0.3, -0.25) is 9.59 Å². The highest BCUT2D eigenvalue weighted by molar-refractivity contribution is 5.97. The maximum Gasteiger partial charge on any atom is 0.251 e. The Bertz CT molecular complexity index is 540. The van der Waals surface area contributed by atoms with Crippen LogP contribution in [0.2, 0.25) is 0 Å². The first-order valence-corrected chi connectivity index (χ1v) is 8.07. The Morgan fingerprint density at radius 2 is 2.17 bits per heavy atom. The molecule has 1 saturated heterocycles. The highest BCUT2D eigenvalue weighted by Crippen LogP contribution is 2.13. The summed E-state index contributed by atoms with van der Waals surface area (Å²) in [6, 6.07) is 7.18. The van der Waals surface area contributed by atoms with Crippen molar-refractivity contribution in [2.75, 3.05) is 25.0 Å². The van der Waals surface area contributed by atoms with E-state index >= 15 is 0 Å². The van der Waals surface area contributed by atoms with E-state index in [4.69, 9.17) is 4.74 Å². The Balaban J connectivity index is 1.85. The van der Waals surface area contributed by atoms with Crippen molar-refractivity contribution < 1.29 is 14.3 Å². The molecule has 1 aromatic rings. The lowest BCUT2D eigenvalue weighted by Crippen LogP contribution is -2.33. The maximum atomic E-state index is 12.2. The van der Waals surface area contributed by atoms with Crippen LogP contribution in [-0.2, 0) is 9.53 Å². The number of amides is 2. The number of carbonyl (C=O) groups is 2. The lowest BCUT2D eigenvalue weighted by molar-refractivity contribution is -0.115. The first kappa shape index (κ1) is 17.4. The van der Waals surface area contributed by atoms with Crippen molar-refractivity contribution in [3.05, 3.63) is 29.8 Å². The second-order valence-corrected chi connectivity index (χ2v) is 6.01. The number of hydrogen-bond acceptors (Lipinski definition) is 4. The minimum absolute atomic E-state index is 0.115. The average molecular weight is 319 g/mol. The van der Waals surface area contributed by atoms with Gasteiger partial charge in [0.25, 0.3) is 5.91 Å². The molecule has 2 amide bonds. The summed E-state index contributed by atoms with van der Waals surface area (Å²) in [5, 5.41) is 8.71. The van der Waals surface area contributed by atoms with Crippen molar-refractivity contribution in [2.45, 2.75) is 38.8 Å². The summed E-state index contributed by atoms with van der Waals surface area (Å²) in [7, 11) is 0. The van der Waals surface area contributed by atoms with Crippen LogP contribution < -0.4 is 16.0 Å². The SMILES string of the molecule is CC(C)NCC(=O)Nc1cccc(C(=O)NCC2CCCO2)c1. The largest absolute Gasteiger partial charge is 0.376 e. The summed E-state index contributed by atoms with van der Waals surface area (Å²) >= 11 is 0. The molecule has 0 bridgehead atoms.